The van der Waals surface area contributed by atoms with Gasteiger partial charge in [0, 0.05) is 17.0 Å². The number of carbonyl (C=O) groups is 2. The highest BCUT2D eigenvalue weighted by Gasteiger charge is 2.23. The van der Waals surface area contributed by atoms with E-state index in [0.29, 0.717) is 11.3 Å². The highest BCUT2D eigenvalue weighted by molar-refractivity contribution is 6.01. The van der Waals surface area contributed by atoms with Gasteiger partial charge in [0.2, 0.25) is 5.78 Å². The summed E-state index contributed by atoms with van der Waals surface area (Å²) in [5.74, 6) is -0.829. The van der Waals surface area contributed by atoms with E-state index in [0.717, 1.165) is 17.0 Å². The van der Waals surface area contributed by atoms with E-state index in [1.54, 1.807) is 12.1 Å². The Morgan fingerprint density at radius 1 is 1.08 bits per heavy atom. The molecule has 3 aromatic rings. The summed E-state index contributed by atoms with van der Waals surface area (Å²) in [7, 11) is 0. The Bertz CT molecular complexity index is 960. The van der Waals surface area contributed by atoms with Crippen LogP contribution in [0.15, 0.2) is 30.3 Å². The molecule has 0 aliphatic carbocycles. The van der Waals surface area contributed by atoms with E-state index >= 15 is 0 Å². The standard InChI is InChI=1S/C18H18N4O3/c1-10-5-7-14(8-6-10)15(23)13(4)25-17(24)16-20-18-19-11(2)9-12(3)22(18)21-16/h5-9,13H,1-4H3. The lowest BCUT2D eigenvalue weighted by atomic mass is 10.1. The molecule has 0 radical (unpaired) electrons. The quantitative estimate of drug-likeness (QED) is 0.536. The van der Waals surface area contributed by atoms with E-state index in [2.05, 4.69) is 15.1 Å². The molecule has 1 unspecified atom stereocenters. The van der Waals surface area contributed by atoms with Crippen molar-refractivity contribution in [3.05, 3.63) is 58.7 Å². The lowest BCUT2D eigenvalue weighted by molar-refractivity contribution is 0.0307. The molecule has 3 rings (SSSR count). The number of rotatable bonds is 4. The molecule has 0 N–H and O–H groups in total. The summed E-state index contributed by atoms with van der Waals surface area (Å²) in [6.45, 7) is 7.14. The van der Waals surface area contributed by atoms with Crippen molar-refractivity contribution in [2.75, 3.05) is 0 Å². The molecule has 0 fully saturated rings. The van der Waals surface area contributed by atoms with Gasteiger partial charge in [-0.1, -0.05) is 29.8 Å². The van der Waals surface area contributed by atoms with Gasteiger partial charge in [0.05, 0.1) is 0 Å². The number of ketones is 1. The fourth-order valence-corrected chi connectivity index (χ4v) is 2.47. The SMILES string of the molecule is Cc1ccc(C(=O)C(C)OC(=O)c2nc3nc(C)cc(C)n3n2)cc1. The van der Waals surface area contributed by atoms with Gasteiger partial charge in [0.25, 0.3) is 11.6 Å². The number of hydrogen-bond donors (Lipinski definition) is 0. The Hall–Kier alpha value is -3.09. The van der Waals surface area contributed by atoms with Gasteiger partial charge in [-0.3, -0.25) is 4.79 Å². The Balaban J connectivity index is 1.78. The van der Waals surface area contributed by atoms with Crippen LogP contribution in [0.5, 0.6) is 0 Å². The largest absolute Gasteiger partial charge is 0.448 e. The number of hydrogen-bond acceptors (Lipinski definition) is 6. The van der Waals surface area contributed by atoms with Crippen LogP contribution in [-0.4, -0.2) is 37.4 Å². The van der Waals surface area contributed by atoms with Crippen LogP contribution >= 0.6 is 0 Å². The summed E-state index contributed by atoms with van der Waals surface area (Å²) in [6, 6.07) is 8.92. The van der Waals surface area contributed by atoms with Crippen LogP contribution < -0.4 is 0 Å². The highest BCUT2D eigenvalue weighted by Crippen LogP contribution is 2.11. The minimum atomic E-state index is -0.933. The van der Waals surface area contributed by atoms with Crippen LogP contribution in [0.2, 0.25) is 0 Å². The van der Waals surface area contributed by atoms with Gasteiger partial charge in [-0.25, -0.2) is 14.3 Å². The van der Waals surface area contributed by atoms with Gasteiger partial charge in [-0.2, -0.15) is 4.98 Å². The Labute approximate surface area is 144 Å². The molecule has 0 bridgehead atoms. The molecule has 1 aromatic carbocycles. The molecular formula is C18H18N4O3. The van der Waals surface area contributed by atoms with Crippen molar-refractivity contribution >= 4 is 17.5 Å². The van der Waals surface area contributed by atoms with Gasteiger partial charge in [0.1, 0.15) is 0 Å². The first-order valence-corrected chi connectivity index (χ1v) is 7.88. The molecule has 25 heavy (non-hydrogen) atoms. The van der Waals surface area contributed by atoms with E-state index in [1.807, 2.05) is 39.0 Å². The predicted molar refractivity (Wildman–Crippen MR) is 90.6 cm³/mol. The first-order valence-electron chi connectivity index (χ1n) is 7.88. The molecule has 128 valence electrons. The second-order valence-corrected chi connectivity index (χ2v) is 5.96. The molecule has 0 saturated carbocycles. The summed E-state index contributed by atoms with van der Waals surface area (Å²) in [5.41, 5.74) is 3.12. The van der Waals surface area contributed by atoms with Crippen molar-refractivity contribution in [1.29, 1.82) is 0 Å². The number of fused-ring (bicyclic) bond motifs is 1. The number of ether oxygens (including phenoxy) is 1. The van der Waals surface area contributed by atoms with E-state index < -0.39 is 12.1 Å². The lowest BCUT2D eigenvalue weighted by Gasteiger charge is -2.11. The smallest absolute Gasteiger partial charge is 0.379 e. The van der Waals surface area contributed by atoms with Gasteiger partial charge >= 0.3 is 5.97 Å². The zero-order valence-electron chi connectivity index (χ0n) is 14.5. The number of esters is 1. The number of Topliss-reactive ketones (excluding diaryl/α,β-unsaturated/α-hetero) is 1. The summed E-state index contributed by atoms with van der Waals surface area (Å²) in [5, 5.41) is 4.11. The van der Waals surface area contributed by atoms with Gasteiger partial charge in [-0.15, -0.1) is 5.10 Å². The van der Waals surface area contributed by atoms with E-state index in [9.17, 15) is 9.59 Å². The number of aryl methyl sites for hydroxylation is 3. The molecule has 2 aromatic heterocycles. The number of carbonyl (C=O) groups excluding carboxylic acids is 2. The highest BCUT2D eigenvalue weighted by atomic mass is 16.5. The summed E-state index contributed by atoms with van der Waals surface area (Å²) in [6.07, 6.45) is -0.933. The molecule has 0 amide bonds. The van der Waals surface area contributed by atoms with Crippen LogP contribution in [0.1, 0.15) is 44.9 Å². The fraction of sp³-hybridized carbons (Fsp3) is 0.278. The van der Waals surface area contributed by atoms with Crippen molar-refractivity contribution in [2.45, 2.75) is 33.8 Å². The number of aromatic nitrogens is 4. The fourth-order valence-electron chi connectivity index (χ4n) is 2.47. The van der Waals surface area contributed by atoms with Gasteiger partial charge < -0.3 is 4.74 Å². The number of benzene rings is 1. The zero-order chi connectivity index (χ0) is 18.1. The van der Waals surface area contributed by atoms with Crippen molar-refractivity contribution in [3.8, 4) is 0 Å². The Kier molecular flexibility index (Phi) is 4.31. The molecule has 0 aliphatic rings. The summed E-state index contributed by atoms with van der Waals surface area (Å²) in [4.78, 5) is 32.9. The lowest BCUT2D eigenvalue weighted by Crippen LogP contribution is -2.25. The third-order valence-electron chi connectivity index (χ3n) is 3.79. The monoisotopic (exact) mass is 338 g/mol. The first-order chi connectivity index (χ1) is 11.8. The maximum absolute atomic E-state index is 12.4. The molecule has 7 nitrogen and oxygen atoms in total. The van der Waals surface area contributed by atoms with Crippen molar-refractivity contribution < 1.29 is 14.3 Å². The van der Waals surface area contributed by atoms with Gasteiger partial charge in [-0.05, 0) is 33.8 Å². The molecule has 2 heterocycles. The summed E-state index contributed by atoms with van der Waals surface area (Å²) >= 11 is 0. The molecule has 0 aliphatic heterocycles. The first kappa shape index (κ1) is 16.8. The van der Waals surface area contributed by atoms with Crippen LogP contribution in [0, 0.1) is 20.8 Å². The van der Waals surface area contributed by atoms with Crippen molar-refractivity contribution in [3.63, 3.8) is 0 Å². The average molecular weight is 338 g/mol. The normalized spacial score (nSPS) is 12.2. The molecular weight excluding hydrogens is 320 g/mol. The van der Waals surface area contributed by atoms with E-state index in [1.165, 1.54) is 11.4 Å². The second kappa shape index (κ2) is 6.43. The summed E-state index contributed by atoms with van der Waals surface area (Å²) < 4.78 is 6.70. The minimum Gasteiger partial charge on any atom is -0.448 e. The van der Waals surface area contributed by atoms with Crippen molar-refractivity contribution in [2.24, 2.45) is 0 Å². The maximum Gasteiger partial charge on any atom is 0.379 e. The minimum absolute atomic E-state index is 0.121. The molecule has 0 saturated heterocycles. The topological polar surface area (TPSA) is 86.5 Å². The van der Waals surface area contributed by atoms with E-state index in [-0.39, 0.29) is 11.6 Å². The zero-order valence-corrected chi connectivity index (χ0v) is 14.5. The van der Waals surface area contributed by atoms with Crippen LogP contribution in [-0.2, 0) is 4.74 Å². The maximum atomic E-state index is 12.4. The molecule has 7 heteroatoms. The Morgan fingerprint density at radius 3 is 2.44 bits per heavy atom. The average Bonchev–Trinajstić information content (AvgIpc) is 2.99. The second-order valence-electron chi connectivity index (χ2n) is 5.96. The Morgan fingerprint density at radius 2 is 1.76 bits per heavy atom. The van der Waals surface area contributed by atoms with Crippen molar-refractivity contribution in [1.82, 2.24) is 19.6 Å². The molecule has 0 spiro atoms. The van der Waals surface area contributed by atoms with E-state index in [4.69, 9.17) is 4.74 Å². The third kappa shape index (κ3) is 3.40. The third-order valence-corrected chi connectivity index (χ3v) is 3.79. The number of nitrogens with zero attached hydrogens (tertiary/aromatic N) is 4. The van der Waals surface area contributed by atoms with Gasteiger partial charge in [0.15, 0.2) is 6.10 Å². The van der Waals surface area contributed by atoms with Crippen LogP contribution in [0.25, 0.3) is 5.78 Å². The van der Waals surface area contributed by atoms with Crippen LogP contribution in [0.4, 0.5) is 0 Å². The predicted octanol–water partition coefficient (Wildman–Crippen LogP) is 2.48. The van der Waals surface area contributed by atoms with Crippen LogP contribution in [0.3, 0.4) is 0 Å². The molecule has 1 atom stereocenters.